The Bertz CT molecular complexity index is 754. The van der Waals surface area contributed by atoms with Crippen LogP contribution in [0.5, 0.6) is 5.75 Å². The van der Waals surface area contributed by atoms with Crippen LogP contribution in [-0.4, -0.2) is 19.6 Å². The summed E-state index contributed by atoms with van der Waals surface area (Å²) in [7, 11) is 1.70. The van der Waals surface area contributed by atoms with Gasteiger partial charge in [-0.15, -0.1) is 11.3 Å². The van der Waals surface area contributed by atoms with E-state index in [0.29, 0.717) is 0 Å². The molecule has 2 fully saturated rings. The van der Waals surface area contributed by atoms with E-state index in [1.807, 2.05) is 12.1 Å². The number of hydrogen-bond donors (Lipinski definition) is 1. The van der Waals surface area contributed by atoms with Crippen LogP contribution in [0.25, 0.3) is 0 Å². The maximum atomic E-state index is 13.4. The first-order valence-electron chi connectivity index (χ1n) is 10.2. The maximum absolute atomic E-state index is 13.4. The van der Waals surface area contributed by atoms with Crippen molar-refractivity contribution in [2.45, 2.75) is 62.2 Å². The summed E-state index contributed by atoms with van der Waals surface area (Å²) in [4.78, 5) is 14.6. The second kappa shape index (κ2) is 7.67. The van der Waals surface area contributed by atoms with Crippen LogP contribution in [0.15, 0.2) is 41.8 Å². The number of carbonyl (C=O) groups excluding carboxylic acids is 1. The van der Waals surface area contributed by atoms with Gasteiger partial charge < -0.3 is 10.1 Å². The Morgan fingerprint density at radius 1 is 1.04 bits per heavy atom. The molecule has 2 aromatic rings. The van der Waals surface area contributed by atoms with Gasteiger partial charge in [0.2, 0.25) is 5.91 Å². The Labute approximate surface area is 166 Å². The number of ether oxygens (including phenoxy) is 1. The topological polar surface area (TPSA) is 38.3 Å². The lowest BCUT2D eigenvalue weighted by molar-refractivity contribution is -0.126. The van der Waals surface area contributed by atoms with E-state index in [9.17, 15) is 4.79 Å². The van der Waals surface area contributed by atoms with Crippen LogP contribution >= 0.6 is 11.3 Å². The van der Waals surface area contributed by atoms with Crippen molar-refractivity contribution in [3.63, 3.8) is 0 Å². The van der Waals surface area contributed by atoms with Crippen LogP contribution in [0.4, 0.5) is 0 Å². The Morgan fingerprint density at radius 2 is 1.70 bits per heavy atom. The molecular formula is C23H29NO2S. The molecule has 2 aliphatic carbocycles. The summed E-state index contributed by atoms with van der Waals surface area (Å²) in [6.07, 6.45) is 9.01. The minimum absolute atomic E-state index is 0.0666. The molecular weight excluding hydrogens is 354 g/mol. The molecule has 0 unspecified atom stereocenters. The number of nitrogens with one attached hydrogen (secondary N) is 1. The minimum atomic E-state index is -0.298. The van der Waals surface area contributed by atoms with Crippen LogP contribution < -0.4 is 10.1 Å². The van der Waals surface area contributed by atoms with Gasteiger partial charge in [-0.3, -0.25) is 4.79 Å². The van der Waals surface area contributed by atoms with Gasteiger partial charge in [-0.25, -0.2) is 0 Å². The summed E-state index contributed by atoms with van der Waals surface area (Å²) in [6.45, 7) is 0.741. The van der Waals surface area contributed by atoms with Crippen LogP contribution in [0.2, 0.25) is 0 Å². The molecule has 1 aromatic heterocycles. The SMILES string of the molecule is COc1ccc(C2(CNC(=O)C3(c4cccs4)CCCC3)CCCC2)cc1. The van der Waals surface area contributed by atoms with Crippen LogP contribution in [0.1, 0.15) is 61.8 Å². The Hall–Kier alpha value is -1.81. The molecule has 27 heavy (non-hydrogen) atoms. The number of amides is 1. The van der Waals surface area contributed by atoms with Crippen LogP contribution in [0.3, 0.4) is 0 Å². The molecule has 0 radical (unpaired) electrons. The maximum Gasteiger partial charge on any atom is 0.231 e. The number of carbonyl (C=O) groups is 1. The van der Waals surface area contributed by atoms with Gasteiger partial charge in [0.05, 0.1) is 12.5 Å². The monoisotopic (exact) mass is 383 g/mol. The van der Waals surface area contributed by atoms with E-state index < -0.39 is 0 Å². The highest BCUT2D eigenvalue weighted by Gasteiger charge is 2.45. The Balaban J connectivity index is 1.53. The van der Waals surface area contributed by atoms with E-state index in [1.54, 1.807) is 18.4 Å². The fourth-order valence-corrected chi connectivity index (χ4v) is 6.08. The zero-order valence-electron chi connectivity index (χ0n) is 16.1. The number of thiophene rings is 1. The molecule has 2 saturated carbocycles. The first-order chi connectivity index (χ1) is 13.2. The molecule has 0 atom stereocenters. The zero-order chi connectivity index (χ0) is 18.7. The third-order valence-electron chi connectivity index (χ3n) is 6.73. The lowest BCUT2D eigenvalue weighted by Crippen LogP contribution is -2.47. The first-order valence-corrected chi connectivity index (χ1v) is 11.0. The van der Waals surface area contributed by atoms with E-state index in [4.69, 9.17) is 4.74 Å². The summed E-state index contributed by atoms with van der Waals surface area (Å²) in [5, 5.41) is 5.50. The lowest BCUT2D eigenvalue weighted by atomic mass is 9.77. The highest BCUT2D eigenvalue weighted by atomic mass is 32.1. The van der Waals surface area contributed by atoms with Gasteiger partial charge in [0.1, 0.15) is 5.75 Å². The predicted octanol–water partition coefficient (Wildman–Crippen LogP) is 5.20. The third-order valence-corrected chi connectivity index (χ3v) is 7.81. The van der Waals surface area contributed by atoms with Gasteiger partial charge in [-0.2, -0.15) is 0 Å². The molecule has 1 aromatic carbocycles. The second-order valence-electron chi connectivity index (χ2n) is 8.17. The van der Waals surface area contributed by atoms with Crippen molar-refractivity contribution in [2.24, 2.45) is 0 Å². The molecule has 4 heteroatoms. The molecule has 2 aliphatic rings. The van der Waals surface area contributed by atoms with Gasteiger partial charge in [0.25, 0.3) is 0 Å². The molecule has 1 heterocycles. The van der Waals surface area contributed by atoms with Crippen molar-refractivity contribution in [3.8, 4) is 5.75 Å². The van der Waals surface area contributed by atoms with Crippen molar-refractivity contribution < 1.29 is 9.53 Å². The van der Waals surface area contributed by atoms with Gasteiger partial charge in [-0.05, 0) is 54.8 Å². The highest BCUT2D eigenvalue weighted by molar-refractivity contribution is 7.10. The smallest absolute Gasteiger partial charge is 0.231 e. The summed E-state index contributed by atoms with van der Waals surface area (Å²) in [6, 6.07) is 12.7. The van der Waals surface area contributed by atoms with Gasteiger partial charge in [0, 0.05) is 16.8 Å². The molecule has 3 nitrogen and oxygen atoms in total. The largest absolute Gasteiger partial charge is 0.497 e. The van der Waals surface area contributed by atoms with Crippen molar-refractivity contribution in [1.82, 2.24) is 5.32 Å². The normalized spacial score (nSPS) is 20.5. The molecule has 0 aliphatic heterocycles. The van der Waals surface area contributed by atoms with E-state index >= 15 is 0 Å². The van der Waals surface area contributed by atoms with Gasteiger partial charge >= 0.3 is 0 Å². The van der Waals surface area contributed by atoms with Crippen LogP contribution in [0, 0.1) is 0 Å². The molecule has 0 bridgehead atoms. The summed E-state index contributed by atoms with van der Waals surface area (Å²) < 4.78 is 5.32. The zero-order valence-corrected chi connectivity index (χ0v) is 16.9. The fraction of sp³-hybridized carbons (Fsp3) is 0.522. The quantitative estimate of drug-likeness (QED) is 0.745. The summed E-state index contributed by atoms with van der Waals surface area (Å²) in [5.41, 5.74) is 1.10. The molecule has 1 amide bonds. The number of hydrogen-bond acceptors (Lipinski definition) is 3. The predicted molar refractivity (Wildman–Crippen MR) is 111 cm³/mol. The standard InChI is InChI=1S/C23H29NO2S/c1-26-19-10-8-18(9-11-19)22(12-2-3-13-22)17-24-21(25)23(14-4-5-15-23)20-7-6-16-27-20/h6-11,16H,2-5,12-15,17H2,1H3,(H,24,25). The fourth-order valence-electron chi connectivity index (χ4n) is 5.10. The van der Waals surface area contributed by atoms with Gasteiger partial charge in [0.15, 0.2) is 0 Å². The van der Waals surface area contributed by atoms with E-state index in [2.05, 4.69) is 35.0 Å². The molecule has 144 valence electrons. The number of methoxy groups -OCH3 is 1. The van der Waals surface area contributed by atoms with E-state index in [1.165, 1.54) is 23.3 Å². The minimum Gasteiger partial charge on any atom is -0.497 e. The molecule has 0 spiro atoms. The van der Waals surface area contributed by atoms with E-state index in [0.717, 1.165) is 50.8 Å². The number of benzene rings is 1. The summed E-state index contributed by atoms with van der Waals surface area (Å²) >= 11 is 1.73. The summed E-state index contributed by atoms with van der Waals surface area (Å²) in [5.74, 6) is 1.13. The first kappa shape index (κ1) is 18.5. The van der Waals surface area contributed by atoms with Gasteiger partial charge in [-0.1, -0.05) is 43.9 Å². The molecule has 1 N–H and O–H groups in total. The van der Waals surface area contributed by atoms with Crippen molar-refractivity contribution in [1.29, 1.82) is 0 Å². The molecule has 0 saturated heterocycles. The van der Waals surface area contributed by atoms with Crippen molar-refractivity contribution in [2.75, 3.05) is 13.7 Å². The third kappa shape index (κ3) is 3.40. The number of rotatable bonds is 6. The second-order valence-corrected chi connectivity index (χ2v) is 9.11. The Kier molecular flexibility index (Phi) is 5.27. The Morgan fingerprint density at radius 3 is 2.30 bits per heavy atom. The van der Waals surface area contributed by atoms with Crippen molar-refractivity contribution >= 4 is 17.2 Å². The molecule has 4 rings (SSSR count). The highest BCUT2D eigenvalue weighted by Crippen LogP contribution is 2.45. The van der Waals surface area contributed by atoms with Crippen LogP contribution in [-0.2, 0) is 15.6 Å². The van der Waals surface area contributed by atoms with Crippen molar-refractivity contribution in [3.05, 3.63) is 52.2 Å². The average Bonchev–Trinajstić information content (AvgIpc) is 3.48. The lowest BCUT2D eigenvalue weighted by Gasteiger charge is -2.33. The van der Waals surface area contributed by atoms with E-state index in [-0.39, 0.29) is 16.7 Å². The average molecular weight is 384 g/mol.